The number of para-hydroxylation sites is 1. The number of benzene rings is 1. The van der Waals surface area contributed by atoms with Gasteiger partial charge >= 0.3 is 5.97 Å². The van der Waals surface area contributed by atoms with Crippen LogP contribution in [0.15, 0.2) is 39.3 Å². The molecule has 0 atom stereocenters. The van der Waals surface area contributed by atoms with Gasteiger partial charge in [0.25, 0.3) is 5.91 Å². The molecule has 26 heavy (non-hydrogen) atoms. The topological polar surface area (TPSA) is 104 Å². The van der Waals surface area contributed by atoms with Gasteiger partial charge in [-0.2, -0.15) is 0 Å². The van der Waals surface area contributed by atoms with Crippen molar-refractivity contribution in [2.24, 2.45) is 0 Å². The van der Waals surface area contributed by atoms with E-state index in [4.69, 9.17) is 18.4 Å². The summed E-state index contributed by atoms with van der Waals surface area (Å²) in [5, 5.41) is 6.88. The highest BCUT2D eigenvalue weighted by molar-refractivity contribution is 5.98. The lowest BCUT2D eigenvalue weighted by molar-refractivity contribution is -0.119. The fourth-order valence-electron chi connectivity index (χ4n) is 2.41. The van der Waals surface area contributed by atoms with Gasteiger partial charge in [0, 0.05) is 23.6 Å². The Morgan fingerprint density at radius 1 is 1.27 bits per heavy atom. The van der Waals surface area contributed by atoms with Crippen LogP contribution < -0.4 is 5.32 Å². The van der Waals surface area contributed by atoms with Crippen LogP contribution in [0.1, 0.15) is 28.8 Å². The predicted octanol–water partition coefficient (Wildman–Crippen LogP) is 3.06. The second-order valence-electron chi connectivity index (χ2n) is 5.49. The number of esters is 1. The second-order valence-corrected chi connectivity index (χ2v) is 5.49. The van der Waals surface area contributed by atoms with Gasteiger partial charge in [0.1, 0.15) is 11.3 Å². The molecule has 8 heteroatoms. The van der Waals surface area contributed by atoms with E-state index in [2.05, 4.69) is 10.5 Å². The van der Waals surface area contributed by atoms with Gasteiger partial charge in [-0.15, -0.1) is 0 Å². The van der Waals surface area contributed by atoms with Crippen LogP contribution in [-0.2, 0) is 20.9 Å². The third-order valence-corrected chi connectivity index (χ3v) is 3.56. The lowest BCUT2D eigenvalue weighted by atomic mass is 10.1. The van der Waals surface area contributed by atoms with Crippen molar-refractivity contribution in [3.63, 3.8) is 0 Å². The zero-order valence-electron chi connectivity index (χ0n) is 14.4. The largest absolute Gasteiger partial charge is 0.450 e. The average molecular weight is 358 g/mol. The Balaban J connectivity index is 1.69. The molecule has 3 aromatic rings. The second kappa shape index (κ2) is 7.83. The molecule has 0 aliphatic carbocycles. The molecule has 0 radical (unpaired) electrons. The molecular formula is C18H18N2O6. The van der Waals surface area contributed by atoms with Gasteiger partial charge in [-0.1, -0.05) is 23.4 Å². The van der Waals surface area contributed by atoms with Crippen LogP contribution in [0.2, 0.25) is 0 Å². The molecule has 2 heterocycles. The maximum absolute atomic E-state index is 12.4. The van der Waals surface area contributed by atoms with Gasteiger partial charge in [-0.05, 0) is 19.9 Å². The molecule has 0 saturated carbocycles. The molecular weight excluding hydrogens is 340 g/mol. The summed E-state index contributed by atoms with van der Waals surface area (Å²) in [6.45, 7) is 3.78. The summed E-state index contributed by atoms with van der Waals surface area (Å²) in [4.78, 5) is 24.2. The van der Waals surface area contributed by atoms with Gasteiger partial charge < -0.3 is 23.7 Å². The third-order valence-electron chi connectivity index (χ3n) is 3.56. The maximum Gasteiger partial charge on any atom is 0.375 e. The van der Waals surface area contributed by atoms with Crippen molar-refractivity contribution in [3.8, 4) is 0 Å². The van der Waals surface area contributed by atoms with Crippen molar-refractivity contribution in [1.82, 2.24) is 5.16 Å². The SMILES string of the molecule is CCOCc1c(C(=O)OCC(=O)Nc2cc(C)on2)oc2ccccc12. The predicted molar refractivity (Wildman–Crippen MR) is 91.7 cm³/mol. The van der Waals surface area contributed by atoms with E-state index in [-0.39, 0.29) is 18.2 Å². The minimum atomic E-state index is -0.734. The number of carbonyl (C=O) groups is 2. The van der Waals surface area contributed by atoms with E-state index in [1.54, 1.807) is 25.1 Å². The highest BCUT2D eigenvalue weighted by Crippen LogP contribution is 2.27. The molecule has 0 fully saturated rings. The van der Waals surface area contributed by atoms with E-state index in [0.717, 1.165) is 5.39 Å². The number of furan rings is 1. The fourth-order valence-corrected chi connectivity index (χ4v) is 2.41. The third kappa shape index (κ3) is 3.92. The number of nitrogens with one attached hydrogen (secondary N) is 1. The first-order valence-corrected chi connectivity index (χ1v) is 8.07. The molecule has 0 saturated heterocycles. The van der Waals surface area contributed by atoms with Crippen LogP contribution in [0, 0.1) is 6.92 Å². The first-order chi connectivity index (χ1) is 12.6. The molecule has 136 valence electrons. The highest BCUT2D eigenvalue weighted by Gasteiger charge is 2.22. The normalized spacial score (nSPS) is 10.8. The number of hydrogen-bond acceptors (Lipinski definition) is 7. The molecule has 0 spiro atoms. The zero-order chi connectivity index (χ0) is 18.5. The number of aryl methyl sites for hydroxylation is 1. The van der Waals surface area contributed by atoms with Crippen LogP contribution >= 0.6 is 0 Å². The Kier molecular flexibility index (Phi) is 5.33. The first-order valence-electron chi connectivity index (χ1n) is 8.07. The summed E-state index contributed by atoms with van der Waals surface area (Å²) >= 11 is 0. The Bertz CT molecular complexity index is 927. The van der Waals surface area contributed by atoms with Crippen LogP contribution in [-0.4, -0.2) is 30.2 Å². The van der Waals surface area contributed by atoms with Crippen LogP contribution in [0.4, 0.5) is 5.82 Å². The van der Waals surface area contributed by atoms with Crippen LogP contribution in [0.3, 0.4) is 0 Å². The van der Waals surface area contributed by atoms with Crippen molar-refractivity contribution >= 4 is 28.7 Å². The van der Waals surface area contributed by atoms with Gasteiger partial charge in [0.2, 0.25) is 5.76 Å². The number of hydrogen-bond donors (Lipinski definition) is 1. The van der Waals surface area contributed by atoms with Crippen molar-refractivity contribution in [1.29, 1.82) is 0 Å². The summed E-state index contributed by atoms with van der Waals surface area (Å²) in [7, 11) is 0. The fraction of sp³-hybridized carbons (Fsp3) is 0.278. The molecule has 8 nitrogen and oxygen atoms in total. The Morgan fingerprint density at radius 3 is 2.81 bits per heavy atom. The molecule has 3 rings (SSSR count). The molecule has 1 amide bonds. The Labute approximate surface area is 149 Å². The molecule has 0 bridgehead atoms. The first kappa shape index (κ1) is 17.7. The molecule has 0 aliphatic rings. The number of ether oxygens (including phenoxy) is 2. The van der Waals surface area contributed by atoms with E-state index >= 15 is 0 Å². The molecule has 0 aliphatic heterocycles. The minimum Gasteiger partial charge on any atom is -0.450 e. The maximum atomic E-state index is 12.4. The zero-order valence-corrected chi connectivity index (χ0v) is 14.4. The minimum absolute atomic E-state index is 0.0322. The Hall–Kier alpha value is -3.13. The van der Waals surface area contributed by atoms with E-state index in [0.29, 0.717) is 23.5 Å². The van der Waals surface area contributed by atoms with E-state index in [1.165, 1.54) is 0 Å². The van der Waals surface area contributed by atoms with E-state index in [1.807, 2.05) is 19.1 Å². The quantitative estimate of drug-likeness (QED) is 0.647. The summed E-state index contributed by atoms with van der Waals surface area (Å²) in [5.41, 5.74) is 1.15. The molecule has 0 unspecified atom stereocenters. The van der Waals surface area contributed by atoms with E-state index < -0.39 is 18.5 Å². The lowest BCUT2D eigenvalue weighted by Crippen LogP contribution is -2.21. The number of rotatable bonds is 7. The van der Waals surface area contributed by atoms with Crippen molar-refractivity contribution in [2.75, 3.05) is 18.5 Å². The van der Waals surface area contributed by atoms with Crippen molar-refractivity contribution in [3.05, 3.63) is 47.4 Å². The van der Waals surface area contributed by atoms with Crippen LogP contribution in [0.25, 0.3) is 11.0 Å². The molecule has 1 N–H and O–H groups in total. The molecule has 1 aromatic carbocycles. The Morgan fingerprint density at radius 2 is 2.08 bits per heavy atom. The number of fused-ring (bicyclic) bond motifs is 1. The summed E-state index contributed by atoms with van der Waals surface area (Å²) < 4.78 is 20.9. The standard InChI is InChI=1S/C18H18N2O6/c1-3-23-9-13-12-6-4-5-7-14(12)25-17(13)18(22)24-10-16(21)19-15-8-11(2)26-20-15/h4-8H,3,9-10H2,1-2H3,(H,19,20,21). The average Bonchev–Trinajstić information content (AvgIpc) is 3.21. The lowest BCUT2D eigenvalue weighted by Gasteiger charge is -2.05. The van der Waals surface area contributed by atoms with Gasteiger partial charge in [-0.3, -0.25) is 4.79 Å². The number of aromatic nitrogens is 1. The van der Waals surface area contributed by atoms with Gasteiger partial charge in [0.05, 0.1) is 6.61 Å². The summed E-state index contributed by atoms with van der Waals surface area (Å²) in [6.07, 6.45) is 0. The monoisotopic (exact) mass is 358 g/mol. The van der Waals surface area contributed by atoms with E-state index in [9.17, 15) is 9.59 Å². The number of nitrogens with zero attached hydrogens (tertiary/aromatic N) is 1. The summed E-state index contributed by atoms with van der Waals surface area (Å²) in [5.74, 6) is -0.425. The number of anilines is 1. The van der Waals surface area contributed by atoms with Crippen LogP contribution in [0.5, 0.6) is 0 Å². The number of amides is 1. The highest BCUT2D eigenvalue weighted by atomic mass is 16.5. The molecule has 2 aromatic heterocycles. The van der Waals surface area contributed by atoms with Gasteiger partial charge in [-0.25, -0.2) is 4.79 Å². The van der Waals surface area contributed by atoms with Crippen molar-refractivity contribution in [2.45, 2.75) is 20.5 Å². The van der Waals surface area contributed by atoms with Gasteiger partial charge in [0.15, 0.2) is 12.4 Å². The van der Waals surface area contributed by atoms with Crippen molar-refractivity contribution < 1.29 is 28.0 Å². The smallest absolute Gasteiger partial charge is 0.375 e. The summed E-state index contributed by atoms with van der Waals surface area (Å²) in [6, 6.07) is 8.79. The number of carbonyl (C=O) groups excluding carboxylic acids is 2.